The van der Waals surface area contributed by atoms with Gasteiger partial charge in [-0.05, 0) is 31.2 Å². The Kier molecular flexibility index (Phi) is 4.15. The van der Waals surface area contributed by atoms with E-state index in [0.29, 0.717) is 0 Å². The molecule has 0 spiro atoms. The van der Waals surface area contributed by atoms with Crippen LogP contribution >= 0.6 is 0 Å². The van der Waals surface area contributed by atoms with Crippen LogP contribution in [0.15, 0.2) is 24.3 Å². The van der Waals surface area contributed by atoms with E-state index in [0.717, 1.165) is 6.54 Å². The predicted molar refractivity (Wildman–Crippen MR) is 63.6 cm³/mol. The van der Waals surface area contributed by atoms with Gasteiger partial charge in [0.15, 0.2) is 0 Å². The quantitative estimate of drug-likeness (QED) is 0.799. The van der Waals surface area contributed by atoms with Crippen molar-refractivity contribution < 1.29 is 14.8 Å². The SMILES string of the molecule is O=C([O-])c1ccc(C[NH+]2CCCCCC2)cc1. The number of hydrogen-bond acceptors (Lipinski definition) is 2. The van der Waals surface area contributed by atoms with E-state index in [9.17, 15) is 9.90 Å². The molecule has 2 rings (SSSR count). The summed E-state index contributed by atoms with van der Waals surface area (Å²) in [5, 5.41) is 10.6. The molecule has 1 fully saturated rings. The zero-order chi connectivity index (χ0) is 12.1. The zero-order valence-corrected chi connectivity index (χ0v) is 10.1. The summed E-state index contributed by atoms with van der Waals surface area (Å²) in [5.74, 6) is -1.10. The maximum absolute atomic E-state index is 10.6. The smallest absolute Gasteiger partial charge is 0.103 e. The Labute approximate surface area is 102 Å². The monoisotopic (exact) mass is 233 g/mol. The number of nitrogens with one attached hydrogen (secondary N) is 1. The normalized spacial score (nSPS) is 17.6. The number of likely N-dealkylation sites (tertiary alicyclic amines) is 1. The van der Waals surface area contributed by atoms with E-state index in [2.05, 4.69) is 0 Å². The van der Waals surface area contributed by atoms with Gasteiger partial charge in [0, 0.05) is 5.56 Å². The summed E-state index contributed by atoms with van der Waals surface area (Å²) >= 11 is 0. The number of carboxylic acids is 1. The van der Waals surface area contributed by atoms with Crippen LogP contribution in [-0.4, -0.2) is 19.1 Å². The van der Waals surface area contributed by atoms with Crippen LogP contribution in [0.4, 0.5) is 0 Å². The minimum absolute atomic E-state index is 0.264. The number of aromatic carboxylic acids is 1. The standard InChI is InChI=1S/C14H19NO2/c16-14(17)13-7-5-12(6-8-13)11-15-9-3-1-2-4-10-15/h5-8H,1-4,9-11H2,(H,16,17). The predicted octanol–water partition coefficient (Wildman–Crippen LogP) is 0.00900. The molecule has 0 aliphatic carbocycles. The van der Waals surface area contributed by atoms with Crippen LogP contribution in [0.3, 0.4) is 0 Å². The van der Waals surface area contributed by atoms with Crippen molar-refractivity contribution in [3.8, 4) is 0 Å². The fourth-order valence-corrected chi connectivity index (χ4v) is 2.45. The molecule has 1 N–H and O–H groups in total. The van der Waals surface area contributed by atoms with Gasteiger partial charge in [-0.3, -0.25) is 0 Å². The molecule has 3 heteroatoms. The molecule has 0 amide bonds. The van der Waals surface area contributed by atoms with Crippen LogP contribution in [0.1, 0.15) is 41.6 Å². The second-order valence-corrected chi connectivity index (χ2v) is 4.83. The number of carbonyl (C=O) groups excluding carboxylic acids is 1. The molecule has 3 nitrogen and oxygen atoms in total. The average molecular weight is 233 g/mol. The number of carboxylic acid groups (broad SMARTS) is 1. The number of benzene rings is 1. The summed E-state index contributed by atoms with van der Waals surface area (Å²) in [5.41, 5.74) is 1.48. The van der Waals surface area contributed by atoms with E-state index in [1.165, 1.54) is 44.3 Å². The molecular weight excluding hydrogens is 214 g/mol. The van der Waals surface area contributed by atoms with E-state index < -0.39 is 5.97 Å². The first-order chi connectivity index (χ1) is 8.25. The Morgan fingerprint density at radius 3 is 2.18 bits per heavy atom. The Balaban J connectivity index is 1.95. The minimum atomic E-state index is -1.10. The van der Waals surface area contributed by atoms with Gasteiger partial charge in [-0.2, -0.15) is 0 Å². The molecule has 0 unspecified atom stereocenters. The lowest BCUT2D eigenvalue weighted by Crippen LogP contribution is -3.10. The Hall–Kier alpha value is -1.35. The van der Waals surface area contributed by atoms with E-state index in [1.54, 1.807) is 17.0 Å². The first-order valence-corrected chi connectivity index (χ1v) is 6.39. The van der Waals surface area contributed by atoms with Crippen molar-refractivity contribution in [2.75, 3.05) is 13.1 Å². The Morgan fingerprint density at radius 2 is 1.65 bits per heavy atom. The van der Waals surface area contributed by atoms with Crippen molar-refractivity contribution in [3.63, 3.8) is 0 Å². The van der Waals surface area contributed by atoms with Gasteiger partial charge in [-0.15, -0.1) is 0 Å². The number of quaternary nitrogens is 1. The molecular formula is C14H19NO2. The second-order valence-electron chi connectivity index (χ2n) is 4.83. The summed E-state index contributed by atoms with van der Waals surface area (Å²) in [6, 6.07) is 7.09. The van der Waals surface area contributed by atoms with Crippen LogP contribution in [0.25, 0.3) is 0 Å². The first kappa shape index (κ1) is 12.1. The summed E-state index contributed by atoms with van der Waals surface area (Å²) in [4.78, 5) is 12.2. The van der Waals surface area contributed by atoms with Gasteiger partial charge in [0.1, 0.15) is 6.54 Å². The van der Waals surface area contributed by atoms with Crippen molar-refractivity contribution in [1.29, 1.82) is 0 Å². The summed E-state index contributed by atoms with van der Waals surface area (Å²) < 4.78 is 0. The number of carbonyl (C=O) groups is 1. The van der Waals surface area contributed by atoms with Gasteiger partial charge < -0.3 is 14.8 Å². The highest BCUT2D eigenvalue weighted by molar-refractivity contribution is 5.85. The van der Waals surface area contributed by atoms with Crippen molar-refractivity contribution in [2.24, 2.45) is 0 Å². The van der Waals surface area contributed by atoms with Gasteiger partial charge in [-0.1, -0.05) is 24.3 Å². The molecule has 1 heterocycles. The van der Waals surface area contributed by atoms with Crippen molar-refractivity contribution in [2.45, 2.75) is 32.2 Å². The van der Waals surface area contributed by atoms with Gasteiger partial charge in [0.05, 0.1) is 19.1 Å². The Morgan fingerprint density at radius 1 is 1.06 bits per heavy atom. The van der Waals surface area contributed by atoms with E-state index >= 15 is 0 Å². The van der Waals surface area contributed by atoms with Gasteiger partial charge in [0.25, 0.3) is 0 Å². The molecule has 17 heavy (non-hydrogen) atoms. The topological polar surface area (TPSA) is 44.6 Å². The zero-order valence-electron chi connectivity index (χ0n) is 10.1. The maximum Gasteiger partial charge on any atom is 0.103 e. The molecule has 1 aromatic rings. The molecule has 0 bridgehead atoms. The first-order valence-electron chi connectivity index (χ1n) is 6.39. The molecule has 92 valence electrons. The lowest BCUT2D eigenvalue weighted by Gasteiger charge is -2.17. The highest BCUT2D eigenvalue weighted by Crippen LogP contribution is 2.04. The third kappa shape index (κ3) is 3.56. The molecule has 0 atom stereocenters. The van der Waals surface area contributed by atoms with Crippen LogP contribution in [0, 0.1) is 0 Å². The molecule has 1 aliphatic rings. The summed E-state index contributed by atoms with van der Waals surface area (Å²) in [7, 11) is 0. The molecule has 1 saturated heterocycles. The molecule has 0 aromatic heterocycles. The highest BCUT2D eigenvalue weighted by Gasteiger charge is 2.12. The molecule has 0 saturated carbocycles. The highest BCUT2D eigenvalue weighted by atomic mass is 16.4. The number of hydrogen-bond donors (Lipinski definition) is 1. The number of rotatable bonds is 3. The van der Waals surface area contributed by atoms with Gasteiger partial charge >= 0.3 is 0 Å². The van der Waals surface area contributed by atoms with Crippen molar-refractivity contribution in [3.05, 3.63) is 35.4 Å². The fraction of sp³-hybridized carbons (Fsp3) is 0.500. The van der Waals surface area contributed by atoms with Crippen molar-refractivity contribution >= 4 is 5.97 Å². The van der Waals surface area contributed by atoms with Crippen LogP contribution in [0.2, 0.25) is 0 Å². The maximum atomic E-state index is 10.6. The molecule has 1 aliphatic heterocycles. The van der Waals surface area contributed by atoms with Crippen LogP contribution in [-0.2, 0) is 6.54 Å². The largest absolute Gasteiger partial charge is 0.545 e. The van der Waals surface area contributed by atoms with Crippen LogP contribution < -0.4 is 10.0 Å². The average Bonchev–Trinajstić information content (AvgIpc) is 2.58. The van der Waals surface area contributed by atoms with Crippen LogP contribution in [0.5, 0.6) is 0 Å². The summed E-state index contributed by atoms with van der Waals surface area (Å²) in [6.07, 6.45) is 5.33. The minimum Gasteiger partial charge on any atom is -0.545 e. The lowest BCUT2D eigenvalue weighted by molar-refractivity contribution is -0.913. The van der Waals surface area contributed by atoms with Gasteiger partial charge in [-0.25, -0.2) is 0 Å². The van der Waals surface area contributed by atoms with Gasteiger partial charge in [0.2, 0.25) is 0 Å². The third-order valence-corrected chi connectivity index (χ3v) is 3.45. The van der Waals surface area contributed by atoms with E-state index in [-0.39, 0.29) is 5.56 Å². The van der Waals surface area contributed by atoms with E-state index in [4.69, 9.17) is 0 Å². The van der Waals surface area contributed by atoms with Crippen molar-refractivity contribution in [1.82, 2.24) is 0 Å². The Bertz CT molecular complexity index is 364. The summed E-state index contributed by atoms with van der Waals surface area (Å²) in [6.45, 7) is 3.48. The molecule has 0 radical (unpaired) electrons. The fourth-order valence-electron chi connectivity index (χ4n) is 2.45. The second kappa shape index (κ2) is 5.82. The lowest BCUT2D eigenvalue weighted by atomic mass is 10.1. The third-order valence-electron chi connectivity index (χ3n) is 3.45. The van der Waals surface area contributed by atoms with E-state index in [1.807, 2.05) is 12.1 Å². The molecule has 1 aromatic carbocycles.